The van der Waals surface area contributed by atoms with E-state index in [0.717, 1.165) is 39.0 Å². The van der Waals surface area contributed by atoms with Crippen LogP contribution in [0.4, 0.5) is 0 Å². The molecule has 0 saturated carbocycles. The summed E-state index contributed by atoms with van der Waals surface area (Å²) in [5.74, 6) is 0.0834. The summed E-state index contributed by atoms with van der Waals surface area (Å²) < 4.78 is 7.02. The molecule has 0 spiro atoms. The second kappa shape index (κ2) is 8.22. The Kier molecular flexibility index (Phi) is 5.20. The summed E-state index contributed by atoms with van der Waals surface area (Å²) in [6.07, 6.45) is 7.11. The van der Waals surface area contributed by atoms with Gasteiger partial charge in [-0.15, -0.1) is 0 Å². The van der Waals surface area contributed by atoms with Gasteiger partial charge < -0.3 is 9.84 Å². The Morgan fingerprint density at radius 3 is 2.74 bits per heavy atom. The van der Waals surface area contributed by atoms with Crippen molar-refractivity contribution in [3.05, 3.63) is 72.0 Å². The molecule has 5 aromatic rings. The maximum atomic E-state index is 12.5. The first kappa shape index (κ1) is 21.5. The van der Waals surface area contributed by atoms with Crippen LogP contribution in [0.25, 0.3) is 27.9 Å². The van der Waals surface area contributed by atoms with E-state index in [0.29, 0.717) is 12.4 Å². The van der Waals surface area contributed by atoms with Crippen molar-refractivity contribution in [2.75, 3.05) is 0 Å². The van der Waals surface area contributed by atoms with Crippen molar-refractivity contribution in [1.29, 1.82) is 0 Å². The third-order valence-corrected chi connectivity index (χ3v) is 5.56. The van der Waals surface area contributed by atoms with Crippen LogP contribution >= 0.6 is 0 Å². The fourth-order valence-electron chi connectivity index (χ4n) is 3.64. The van der Waals surface area contributed by atoms with Gasteiger partial charge in [0.25, 0.3) is 11.7 Å². The zero-order chi connectivity index (χ0) is 23.9. The molecule has 34 heavy (non-hydrogen) atoms. The van der Waals surface area contributed by atoms with E-state index in [4.69, 9.17) is 4.52 Å². The molecular weight excluding hydrogens is 432 g/mol. The van der Waals surface area contributed by atoms with E-state index in [9.17, 15) is 4.79 Å². The number of fused-ring (bicyclic) bond motifs is 1. The highest BCUT2D eigenvalue weighted by molar-refractivity contribution is 5.90. The summed E-state index contributed by atoms with van der Waals surface area (Å²) in [5.41, 5.74) is 6.36. The van der Waals surface area contributed by atoms with E-state index >= 15 is 0 Å². The molecule has 172 valence electrons. The van der Waals surface area contributed by atoms with Crippen LogP contribution in [-0.4, -0.2) is 40.8 Å². The van der Waals surface area contributed by atoms with Gasteiger partial charge in [-0.2, -0.15) is 15.2 Å². The first-order valence-electron chi connectivity index (χ1n) is 10.8. The maximum absolute atomic E-state index is 12.5. The molecule has 0 bridgehead atoms. The minimum atomic E-state index is -0.375. The Bertz CT molecular complexity index is 1470. The number of nitrogens with one attached hydrogen (secondary N) is 2. The van der Waals surface area contributed by atoms with E-state index in [1.807, 2.05) is 62.8 Å². The van der Waals surface area contributed by atoms with E-state index in [1.165, 1.54) is 0 Å². The van der Waals surface area contributed by atoms with Crippen LogP contribution in [0.3, 0.4) is 0 Å². The second-order valence-electron chi connectivity index (χ2n) is 9.15. The molecule has 0 aliphatic rings. The van der Waals surface area contributed by atoms with Crippen LogP contribution in [0.15, 0.2) is 53.7 Å². The van der Waals surface area contributed by atoms with E-state index in [-0.39, 0.29) is 17.1 Å². The van der Waals surface area contributed by atoms with Crippen molar-refractivity contribution in [1.82, 2.24) is 40.3 Å². The lowest BCUT2D eigenvalue weighted by Gasteiger charge is -2.10. The minimum absolute atomic E-state index is 0.0317. The Labute approximate surface area is 195 Å². The number of rotatable bonds is 5. The summed E-state index contributed by atoms with van der Waals surface area (Å²) in [5, 5.41) is 17.9. The third-order valence-electron chi connectivity index (χ3n) is 5.56. The number of carbonyl (C=O) groups excluding carboxylic acids is 1. The molecule has 4 aromatic heterocycles. The largest absolute Gasteiger partial charge is 0.345 e. The quantitative estimate of drug-likeness (QED) is 0.413. The van der Waals surface area contributed by atoms with Crippen molar-refractivity contribution < 1.29 is 9.32 Å². The number of H-pyrrole nitrogens is 1. The monoisotopic (exact) mass is 456 g/mol. The Morgan fingerprint density at radius 2 is 2.03 bits per heavy atom. The Hall–Kier alpha value is -4.34. The average molecular weight is 457 g/mol. The van der Waals surface area contributed by atoms with Gasteiger partial charge in [0.05, 0.1) is 17.4 Å². The van der Waals surface area contributed by atoms with Gasteiger partial charge in [0.1, 0.15) is 6.33 Å². The number of carbonyl (C=O) groups is 1. The number of aromatic amines is 1. The van der Waals surface area contributed by atoms with Crippen molar-refractivity contribution in [3.8, 4) is 22.4 Å². The predicted molar refractivity (Wildman–Crippen MR) is 125 cm³/mol. The number of aromatic nitrogens is 7. The highest BCUT2D eigenvalue weighted by atomic mass is 16.5. The van der Waals surface area contributed by atoms with Gasteiger partial charge in [0.15, 0.2) is 0 Å². The highest BCUT2D eigenvalue weighted by Crippen LogP contribution is 2.28. The number of benzene rings is 1. The smallest absolute Gasteiger partial charge is 0.292 e. The first-order valence-corrected chi connectivity index (χ1v) is 10.8. The molecule has 2 N–H and O–H groups in total. The maximum Gasteiger partial charge on any atom is 0.292 e. The molecule has 10 heteroatoms. The normalized spacial score (nSPS) is 11.8. The summed E-state index contributed by atoms with van der Waals surface area (Å²) in [6.45, 7) is 8.20. The molecule has 1 amide bonds. The molecule has 0 aliphatic carbocycles. The van der Waals surface area contributed by atoms with Gasteiger partial charge in [0.2, 0.25) is 5.89 Å². The molecule has 0 atom stereocenters. The molecule has 10 nitrogen and oxygen atoms in total. The number of hydrogen-bond acceptors (Lipinski definition) is 7. The van der Waals surface area contributed by atoms with Crippen molar-refractivity contribution >= 4 is 11.4 Å². The highest BCUT2D eigenvalue weighted by Gasteiger charge is 2.24. The number of nitrogens with zero attached hydrogens (tertiary/aromatic N) is 6. The van der Waals surface area contributed by atoms with Crippen LogP contribution in [-0.2, 0) is 12.0 Å². The summed E-state index contributed by atoms with van der Waals surface area (Å²) in [4.78, 5) is 21.2. The van der Waals surface area contributed by atoms with Crippen LogP contribution in [0.5, 0.6) is 0 Å². The zero-order valence-corrected chi connectivity index (χ0v) is 19.3. The SMILES string of the molecule is Cc1cc(-c2ncnn3cc(-c4cn[nH]c4)cc23)ccc1CNC(=O)c1noc(C(C)(C)C)n1. The zero-order valence-electron chi connectivity index (χ0n) is 19.3. The van der Waals surface area contributed by atoms with Gasteiger partial charge in [-0.3, -0.25) is 9.89 Å². The molecule has 0 saturated heterocycles. The standard InChI is InChI=1S/C24H24N8O2/c1-14-7-15(20-19-8-17(18-10-27-28-11-18)12-32(19)29-13-26-20)5-6-16(14)9-25-22(33)21-30-23(34-31-21)24(2,3)4/h5-8,10-13H,9H2,1-4H3,(H,25,33)(H,27,28). The molecule has 4 heterocycles. The Morgan fingerprint density at radius 1 is 1.18 bits per heavy atom. The van der Waals surface area contributed by atoms with E-state index < -0.39 is 0 Å². The fourth-order valence-corrected chi connectivity index (χ4v) is 3.64. The van der Waals surface area contributed by atoms with E-state index in [1.54, 1.807) is 12.5 Å². The van der Waals surface area contributed by atoms with E-state index in [2.05, 4.69) is 41.8 Å². The molecule has 0 radical (unpaired) electrons. The van der Waals surface area contributed by atoms with Crippen molar-refractivity contribution in [2.45, 2.75) is 39.7 Å². The second-order valence-corrected chi connectivity index (χ2v) is 9.15. The predicted octanol–water partition coefficient (Wildman–Crippen LogP) is 3.71. The lowest BCUT2D eigenvalue weighted by molar-refractivity contribution is 0.0937. The van der Waals surface area contributed by atoms with Gasteiger partial charge in [-0.1, -0.05) is 38.1 Å². The van der Waals surface area contributed by atoms with Crippen molar-refractivity contribution in [3.63, 3.8) is 0 Å². The molecule has 0 aliphatic heterocycles. The lowest BCUT2D eigenvalue weighted by atomic mass is 9.97. The Balaban J connectivity index is 1.35. The van der Waals surface area contributed by atoms with Crippen LogP contribution in [0.2, 0.25) is 0 Å². The number of amides is 1. The van der Waals surface area contributed by atoms with Gasteiger partial charge in [-0.05, 0) is 30.2 Å². The molecule has 0 fully saturated rings. The molecular formula is C24H24N8O2. The minimum Gasteiger partial charge on any atom is -0.345 e. The molecule has 5 rings (SSSR count). The van der Waals surface area contributed by atoms with Gasteiger partial charge in [-0.25, -0.2) is 9.50 Å². The summed E-state index contributed by atoms with van der Waals surface area (Å²) >= 11 is 0. The van der Waals surface area contributed by atoms with Crippen LogP contribution in [0.1, 0.15) is 48.4 Å². The molecule has 1 aromatic carbocycles. The van der Waals surface area contributed by atoms with Gasteiger partial charge >= 0.3 is 0 Å². The summed E-state index contributed by atoms with van der Waals surface area (Å²) in [7, 11) is 0. The third kappa shape index (κ3) is 4.05. The first-order chi connectivity index (χ1) is 16.3. The number of aryl methyl sites for hydroxylation is 1. The van der Waals surface area contributed by atoms with Gasteiger partial charge in [0, 0.05) is 41.0 Å². The topological polar surface area (TPSA) is 127 Å². The average Bonchev–Trinajstić information content (AvgIpc) is 3.57. The van der Waals surface area contributed by atoms with Crippen molar-refractivity contribution in [2.24, 2.45) is 0 Å². The lowest BCUT2D eigenvalue weighted by Crippen LogP contribution is -2.24. The van der Waals surface area contributed by atoms with Crippen LogP contribution < -0.4 is 5.32 Å². The van der Waals surface area contributed by atoms with Crippen LogP contribution in [0, 0.1) is 6.92 Å². The summed E-state index contributed by atoms with van der Waals surface area (Å²) in [6, 6.07) is 8.08. The fraction of sp³-hybridized carbons (Fsp3) is 0.250. The number of hydrogen-bond donors (Lipinski definition) is 2. The molecule has 0 unspecified atom stereocenters.